The highest BCUT2D eigenvalue weighted by Gasteiger charge is 2.43. The Morgan fingerprint density at radius 3 is 2.34 bits per heavy atom. The van der Waals surface area contributed by atoms with Crippen LogP contribution in [0.1, 0.15) is 40.2 Å². The number of fused-ring (bicyclic) bond motifs is 2. The molecular formula is C25H16Cl3NO3. The molecule has 0 radical (unpaired) electrons. The molecule has 0 fully saturated rings. The van der Waals surface area contributed by atoms with Crippen LogP contribution < -0.4 is 10.3 Å². The summed E-state index contributed by atoms with van der Waals surface area (Å²) in [4.78, 5) is 28.7. The van der Waals surface area contributed by atoms with E-state index in [1.165, 1.54) is 0 Å². The molecule has 4 aromatic rings. The van der Waals surface area contributed by atoms with Crippen LogP contribution in [0.15, 0.2) is 69.9 Å². The minimum Gasteiger partial charge on any atom is -0.450 e. The maximum absolute atomic E-state index is 13.6. The van der Waals surface area contributed by atoms with E-state index in [1.54, 1.807) is 41.3 Å². The molecule has 1 atom stereocenters. The first-order valence-corrected chi connectivity index (χ1v) is 11.2. The molecule has 0 aliphatic carbocycles. The van der Waals surface area contributed by atoms with Gasteiger partial charge in [0.25, 0.3) is 5.91 Å². The monoisotopic (exact) mass is 483 g/mol. The van der Waals surface area contributed by atoms with Gasteiger partial charge in [0.1, 0.15) is 5.58 Å². The number of amides is 1. The average Bonchev–Trinajstić information content (AvgIpc) is 3.09. The van der Waals surface area contributed by atoms with Gasteiger partial charge in [0.2, 0.25) is 5.76 Å². The summed E-state index contributed by atoms with van der Waals surface area (Å²) >= 11 is 18.5. The summed E-state index contributed by atoms with van der Waals surface area (Å²) in [6, 6.07) is 16.8. The Kier molecular flexibility index (Phi) is 5.25. The van der Waals surface area contributed by atoms with Crippen molar-refractivity contribution in [3.8, 4) is 0 Å². The van der Waals surface area contributed by atoms with E-state index < -0.39 is 11.9 Å². The zero-order valence-electron chi connectivity index (χ0n) is 16.9. The van der Waals surface area contributed by atoms with Crippen molar-refractivity contribution in [3.63, 3.8) is 0 Å². The van der Waals surface area contributed by atoms with E-state index in [0.29, 0.717) is 37.3 Å². The molecule has 160 valence electrons. The van der Waals surface area contributed by atoms with Gasteiger partial charge in [-0.1, -0.05) is 59.9 Å². The first-order valence-electron chi connectivity index (χ1n) is 10.0. The van der Waals surface area contributed by atoms with Crippen molar-refractivity contribution >= 4 is 57.4 Å². The van der Waals surface area contributed by atoms with Gasteiger partial charge in [0, 0.05) is 10.7 Å². The van der Waals surface area contributed by atoms with Crippen molar-refractivity contribution in [2.75, 3.05) is 4.90 Å². The first kappa shape index (κ1) is 21.1. The van der Waals surface area contributed by atoms with Crippen molar-refractivity contribution in [2.24, 2.45) is 0 Å². The number of rotatable bonds is 3. The number of carbonyl (C=O) groups is 1. The van der Waals surface area contributed by atoms with Crippen LogP contribution in [0.5, 0.6) is 0 Å². The van der Waals surface area contributed by atoms with Crippen LogP contribution in [0.25, 0.3) is 11.0 Å². The van der Waals surface area contributed by atoms with Crippen LogP contribution in [0, 0.1) is 0 Å². The molecule has 1 aliphatic heterocycles. The second kappa shape index (κ2) is 7.96. The van der Waals surface area contributed by atoms with Crippen molar-refractivity contribution < 1.29 is 9.21 Å². The fraction of sp³-hybridized carbons (Fsp3) is 0.120. The maximum Gasteiger partial charge on any atom is 0.295 e. The largest absolute Gasteiger partial charge is 0.450 e. The number of aryl methyl sites for hydroxylation is 1. The van der Waals surface area contributed by atoms with Crippen molar-refractivity contribution in [2.45, 2.75) is 19.4 Å². The van der Waals surface area contributed by atoms with Gasteiger partial charge >= 0.3 is 0 Å². The molecule has 1 unspecified atom stereocenters. The van der Waals surface area contributed by atoms with E-state index in [4.69, 9.17) is 39.2 Å². The Balaban J connectivity index is 1.80. The van der Waals surface area contributed by atoms with Crippen molar-refractivity contribution in [3.05, 3.63) is 108 Å². The molecular weight excluding hydrogens is 469 g/mol. The number of carbonyl (C=O) groups excluding carboxylic acids is 1. The first-order chi connectivity index (χ1) is 15.4. The van der Waals surface area contributed by atoms with Crippen LogP contribution in [0.4, 0.5) is 5.69 Å². The third-order valence-electron chi connectivity index (χ3n) is 5.71. The lowest BCUT2D eigenvalue weighted by molar-refractivity contribution is 0.0971. The Morgan fingerprint density at radius 1 is 0.906 bits per heavy atom. The number of halogens is 3. The van der Waals surface area contributed by atoms with E-state index in [9.17, 15) is 9.59 Å². The number of hydrogen-bond donors (Lipinski definition) is 0. The van der Waals surface area contributed by atoms with Gasteiger partial charge in [-0.2, -0.15) is 0 Å². The lowest BCUT2D eigenvalue weighted by Crippen LogP contribution is -2.29. The average molecular weight is 485 g/mol. The molecule has 1 aliphatic rings. The van der Waals surface area contributed by atoms with E-state index in [2.05, 4.69) is 6.92 Å². The molecule has 1 aromatic heterocycles. The zero-order chi connectivity index (χ0) is 22.6. The topological polar surface area (TPSA) is 50.5 Å². The summed E-state index contributed by atoms with van der Waals surface area (Å²) in [6.07, 6.45) is 0.872. The summed E-state index contributed by atoms with van der Waals surface area (Å²) < 4.78 is 5.95. The minimum absolute atomic E-state index is 0.0143. The zero-order valence-corrected chi connectivity index (χ0v) is 19.1. The van der Waals surface area contributed by atoms with E-state index in [1.807, 2.05) is 24.3 Å². The highest BCUT2D eigenvalue weighted by Crippen LogP contribution is 2.42. The van der Waals surface area contributed by atoms with E-state index in [-0.39, 0.29) is 16.8 Å². The molecule has 0 bridgehead atoms. The molecule has 0 N–H and O–H groups in total. The third-order valence-corrected chi connectivity index (χ3v) is 6.69. The van der Waals surface area contributed by atoms with E-state index >= 15 is 0 Å². The Labute approximate surface area is 198 Å². The molecule has 32 heavy (non-hydrogen) atoms. The van der Waals surface area contributed by atoms with Crippen LogP contribution in [0.2, 0.25) is 15.1 Å². The predicted molar refractivity (Wildman–Crippen MR) is 128 cm³/mol. The molecule has 7 heteroatoms. The summed E-state index contributed by atoms with van der Waals surface area (Å²) in [5, 5.41) is 1.44. The lowest BCUT2D eigenvalue weighted by atomic mass is 9.98. The minimum atomic E-state index is -0.723. The van der Waals surface area contributed by atoms with Crippen LogP contribution in [-0.4, -0.2) is 5.91 Å². The molecule has 5 rings (SSSR count). The van der Waals surface area contributed by atoms with Gasteiger partial charge in [-0.15, -0.1) is 0 Å². The Bertz CT molecular complexity index is 1440. The SMILES string of the molecule is CCc1ccc(N2C(=O)c3oc4ccc(Cl)cc4c(=O)c3C2c2ccc(Cl)c(Cl)c2)cc1. The smallest absolute Gasteiger partial charge is 0.295 e. The quantitative estimate of drug-likeness (QED) is 0.312. The van der Waals surface area contributed by atoms with Crippen molar-refractivity contribution in [1.29, 1.82) is 0 Å². The Morgan fingerprint density at radius 2 is 1.66 bits per heavy atom. The fourth-order valence-corrected chi connectivity index (χ4v) is 4.58. The highest BCUT2D eigenvalue weighted by molar-refractivity contribution is 6.42. The molecule has 1 amide bonds. The van der Waals surface area contributed by atoms with Gasteiger partial charge in [-0.05, 0) is 60.0 Å². The molecule has 0 saturated heterocycles. The normalized spacial score (nSPS) is 15.4. The summed E-state index contributed by atoms with van der Waals surface area (Å²) in [5.74, 6) is -0.380. The second-order valence-corrected chi connectivity index (χ2v) is 8.84. The summed E-state index contributed by atoms with van der Waals surface area (Å²) in [6.45, 7) is 2.06. The van der Waals surface area contributed by atoms with Gasteiger partial charge in [-0.3, -0.25) is 14.5 Å². The van der Waals surface area contributed by atoms with Crippen LogP contribution in [-0.2, 0) is 6.42 Å². The van der Waals surface area contributed by atoms with Gasteiger partial charge in [-0.25, -0.2) is 0 Å². The molecule has 2 heterocycles. The van der Waals surface area contributed by atoms with Gasteiger partial charge in [0.05, 0.1) is 27.0 Å². The number of anilines is 1. The van der Waals surface area contributed by atoms with Crippen molar-refractivity contribution in [1.82, 2.24) is 0 Å². The maximum atomic E-state index is 13.6. The molecule has 0 spiro atoms. The van der Waals surface area contributed by atoms with Gasteiger partial charge < -0.3 is 4.42 Å². The molecule has 0 saturated carbocycles. The lowest BCUT2D eigenvalue weighted by Gasteiger charge is -2.25. The summed E-state index contributed by atoms with van der Waals surface area (Å²) in [7, 11) is 0. The number of hydrogen-bond acceptors (Lipinski definition) is 3. The third kappa shape index (κ3) is 3.30. The van der Waals surface area contributed by atoms with Gasteiger partial charge in [0.15, 0.2) is 5.43 Å². The molecule has 3 aromatic carbocycles. The fourth-order valence-electron chi connectivity index (χ4n) is 4.10. The predicted octanol–water partition coefficient (Wildman–Crippen LogP) is 7.07. The number of nitrogens with zero attached hydrogens (tertiary/aromatic N) is 1. The summed E-state index contributed by atoms with van der Waals surface area (Å²) in [5.41, 5.74) is 2.70. The van der Waals surface area contributed by atoms with Crippen LogP contribution >= 0.6 is 34.8 Å². The van der Waals surface area contributed by atoms with E-state index in [0.717, 1.165) is 12.0 Å². The van der Waals surface area contributed by atoms with Crippen LogP contribution in [0.3, 0.4) is 0 Å². The highest BCUT2D eigenvalue weighted by atomic mass is 35.5. The Hall–Kier alpha value is -2.79. The standard InChI is InChI=1S/C25H16Cl3NO3/c1-2-13-3-7-16(8-4-13)29-22(14-5-9-18(27)19(28)11-14)21-23(30)17-12-15(26)6-10-20(17)32-24(21)25(29)31/h3-12,22H,2H2,1H3. The second-order valence-electron chi connectivity index (χ2n) is 7.59. The number of benzene rings is 3. The molecule has 4 nitrogen and oxygen atoms in total.